The van der Waals surface area contributed by atoms with E-state index < -0.39 is 17.6 Å². The molecule has 5 aromatic rings. The van der Waals surface area contributed by atoms with Crippen molar-refractivity contribution in [3.05, 3.63) is 65.5 Å². The van der Waals surface area contributed by atoms with Gasteiger partial charge < -0.3 is 24.8 Å². The highest BCUT2D eigenvalue weighted by Crippen LogP contribution is 2.34. The molecule has 1 fully saturated rings. The lowest BCUT2D eigenvalue weighted by Crippen LogP contribution is -2.41. The monoisotopic (exact) mass is 606 g/mol. The summed E-state index contributed by atoms with van der Waals surface area (Å²) in [7, 11) is 3.09. The van der Waals surface area contributed by atoms with E-state index in [1.54, 1.807) is 42.5 Å². The Morgan fingerprint density at radius 1 is 1.11 bits per heavy atom. The van der Waals surface area contributed by atoms with Crippen LogP contribution in [0.4, 0.5) is 20.4 Å². The molecule has 1 aliphatic rings. The fraction of sp³-hybridized carbons (Fsp3) is 0.419. The van der Waals surface area contributed by atoms with Crippen molar-refractivity contribution in [3.63, 3.8) is 0 Å². The second-order valence-corrected chi connectivity index (χ2v) is 11.9. The first-order valence-electron chi connectivity index (χ1n) is 14.5. The molecule has 3 aromatic heterocycles. The number of fused-ring (bicyclic) bond motifs is 3. The summed E-state index contributed by atoms with van der Waals surface area (Å²) < 4.78 is 43.9. The summed E-state index contributed by atoms with van der Waals surface area (Å²) in [5.41, 5.74) is 2.70. The van der Waals surface area contributed by atoms with Crippen LogP contribution in [-0.4, -0.2) is 73.6 Å². The SMILES string of the molecule is COc1ccc(CNc2nc3c(OC)cc(F)cc3c3nc(C4CC(F)CN(c5cnn(CC(C)(C)O)c5)C4)nn23)c(C)c1. The number of benzene rings is 2. The van der Waals surface area contributed by atoms with Gasteiger partial charge >= 0.3 is 0 Å². The molecule has 4 heterocycles. The van der Waals surface area contributed by atoms with Crippen LogP contribution >= 0.6 is 0 Å². The van der Waals surface area contributed by atoms with Crippen molar-refractivity contribution in [1.82, 2.24) is 29.4 Å². The van der Waals surface area contributed by atoms with Crippen molar-refractivity contribution in [2.45, 2.75) is 58.0 Å². The van der Waals surface area contributed by atoms with Crippen LogP contribution in [0.1, 0.15) is 43.1 Å². The first-order valence-corrected chi connectivity index (χ1v) is 14.5. The molecule has 13 heteroatoms. The number of piperidine rings is 1. The predicted octanol–water partition coefficient (Wildman–Crippen LogP) is 4.65. The van der Waals surface area contributed by atoms with E-state index in [9.17, 15) is 9.50 Å². The predicted molar refractivity (Wildman–Crippen MR) is 163 cm³/mol. The van der Waals surface area contributed by atoms with Gasteiger partial charge in [-0.3, -0.25) is 4.68 Å². The van der Waals surface area contributed by atoms with Crippen LogP contribution in [0.2, 0.25) is 0 Å². The van der Waals surface area contributed by atoms with Crippen LogP contribution in [0.25, 0.3) is 16.6 Å². The van der Waals surface area contributed by atoms with Crippen LogP contribution in [0, 0.1) is 12.7 Å². The highest BCUT2D eigenvalue weighted by atomic mass is 19.1. The normalized spacial score (nSPS) is 17.4. The third-order valence-electron chi connectivity index (χ3n) is 7.83. The number of methoxy groups -OCH3 is 2. The number of nitrogens with zero attached hydrogens (tertiary/aromatic N) is 7. The number of rotatable bonds is 9. The average Bonchev–Trinajstić information content (AvgIpc) is 3.63. The Balaban J connectivity index is 1.37. The number of alkyl halides is 1. The lowest BCUT2D eigenvalue weighted by molar-refractivity contribution is 0.0577. The van der Waals surface area contributed by atoms with Crippen LogP contribution in [0.3, 0.4) is 0 Å². The van der Waals surface area contributed by atoms with E-state index in [0.717, 1.165) is 22.6 Å². The van der Waals surface area contributed by atoms with E-state index in [1.807, 2.05) is 30.0 Å². The summed E-state index contributed by atoms with van der Waals surface area (Å²) >= 11 is 0. The molecule has 0 spiro atoms. The molecular weight excluding hydrogens is 570 g/mol. The minimum atomic E-state index is -1.12. The Morgan fingerprint density at radius 3 is 2.66 bits per heavy atom. The van der Waals surface area contributed by atoms with Gasteiger partial charge in [0.15, 0.2) is 11.5 Å². The Labute approximate surface area is 253 Å². The highest BCUT2D eigenvalue weighted by Gasteiger charge is 2.32. The third kappa shape index (κ3) is 5.96. The maximum atomic E-state index is 15.2. The molecule has 6 rings (SSSR count). The second kappa shape index (κ2) is 11.5. The van der Waals surface area contributed by atoms with E-state index in [-0.39, 0.29) is 24.6 Å². The van der Waals surface area contributed by atoms with Crippen molar-refractivity contribution < 1.29 is 23.4 Å². The smallest absolute Gasteiger partial charge is 0.226 e. The average molecular weight is 607 g/mol. The minimum Gasteiger partial charge on any atom is -0.497 e. The van der Waals surface area contributed by atoms with Crippen LogP contribution < -0.4 is 19.7 Å². The maximum absolute atomic E-state index is 15.2. The number of aryl methyl sites for hydroxylation is 1. The number of anilines is 2. The Morgan fingerprint density at radius 2 is 1.93 bits per heavy atom. The summed E-state index contributed by atoms with van der Waals surface area (Å²) in [5, 5.41) is 23.1. The molecule has 1 saturated heterocycles. The topological polar surface area (TPSA) is 115 Å². The molecule has 11 nitrogen and oxygen atoms in total. The van der Waals surface area contributed by atoms with E-state index >= 15 is 4.39 Å². The molecule has 2 aromatic carbocycles. The van der Waals surface area contributed by atoms with Gasteiger partial charge in [0.25, 0.3) is 0 Å². The fourth-order valence-corrected chi connectivity index (χ4v) is 5.71. The number of hydrogen-bond donors (Lipinski definition) is 2. The molecule has 2 N–H and O–H groups in total. The maximum Gasteiger partial charge on any atom is 0.226 e. The highest BCUT2D eigenvalue weighted by molar-refractivity contribution is 5.96. The number of aliphatic hydroxyl groups is 1. The van der Waals surface area contributed by atoms with Gasteiger partial charge in [0, 0.05) is 37.8 Å². The Kier molecular flexibility index (Phi) is 7.74. The Hall–Kier alpha value is -4.52. The molecule has 2 unspecified atom stereocenters. The number of aromatic nitrogens is 6. The van der Waals surface area contributed by atoms with Crippen molar-refractivity contribution in [3.8, 4) is 11.5 Å². The van der Waals surface area contributed by atoms with E-state index in [4.69, 9.17) is 24.5 Å². The standard InChI is InChI=1S/C31H36F2N8O3/c1-18-8-24(43-4)7-6-19(18)12-34-30-36-27-25(10-21(32)11-26(27)44-5)29-37-28(38-41(29)30)20-9-22(33)15-39(14-20)23-13-35-40(16-23)17-31(2,3)42/h6-8,10-11,13,16,20,22,42H,9,12,14-15,17H2,1-5H3,(H,34,36). The lowest BCUT2D eigenvalue weighted by atomic mass is 9.96. The van der Waals surface area contributed by atoms with Crippen molar-refractivity contribution in [2.24, 2.45) is 0 Å². The van der Waals surface area contributed by atoms with Gasteiger partial charge in [-0.05, 0) is 56.5 Å². The first-order chi connectivity index (χ1) is 21.0. The van der Waals surface area contributed by atoms with Gasteiger partial charge in [-0.1, -0.05) is 6.07 Å². The molecule has 0 bridgehead atoms. The van der Waals surface area contributed by atoms with E-state index in [2.05, 4.69) is 10.4 Å². The van der Waals surface area contributed by atoms with Crippen LogP contribution in [0.15, 0.2) is 42.7 Å². The van der Waals surface area contributed by atoms with Crippen molar-refractivity contribution in [1.29, 1.82) is 0 Å². The van der Waals surface area contributed by atoms with Gasteiger partial charge in [0.2, 0.25) is 5.95 Å². The zero-order chi connectivity index (χ0) is 31.2. The summed E-state index contributed by atoms with van der Waals surface area (Å²) in [6, 6.07) is 8.47. The molecule has 0 saturated carbocycles. The number of ether oxygens (including phenoxy) is 2. The lowest BCUT2D eigenvalue weighted by Gasteiger charge is -2.34. The molecule has 0 aliphatic carbocycles. The van der Waals surface area contributed by atoms with Crippen LogP contribution in [0.5, 0.6) is 11.5 Å². The summed E-state index contributed by atoms with van der Waals surface area (Å²) in [6.45, 7) is 6.82. The number of halogens is 2. The summed E-state index contributed by atoms with van der Waals surface area (Å²) in [5.74, 6) is 1.02. The fourth-order valence-electron chi connectivity index (χ4n) is 5.71. The molecular formula is C31H36F2N8O3. The number of nitrogens with one attached hydrogen (secondary N) is 1. The third-order valence-corrected chi connectivity index (χ3v) is 7.83. The molecule has 44 heavy (non-hydrogen) atoms. The first kappa shape index (κ1) is 29.5. The Bertz CT molecular complexity index is 1820. The molecule has 1 aliphatic heterocycles. The van der Waals surface area contributed by atoms with E-state index in [0.29, 0.717) is 48.0 Å². The minimum absolute atomic E-state index is 0.207. The van der Waals surface area contributed by atoms with Gasteiger partial charge in [0.05, 0.1) is 43.6 Å². The quantitative estimate of drug-likeness (QED) is 0.247. The second-order valence-electron chi connectivity index (χ2n) is 11.9. The zero-order valence-corrected chi connectivity index (χ0v) is 25.4. The van der Waals surface area contributed by atoms with Crippen LogP contribution in [-0.2, 0) is 13.1 Å². The number of hydrogen-bond acceptors (Lipinski definition) is 9. The zero-order valence-electron chi connectivity index (χ0n) is 25.4. The largest absolute Gasteiger partial charge is 0.497 e. The van der Waals surface area contributed by atoms with Gasteiger partial charge in [0.1, 0.15) is 29.0 Å². The van der Waals surface area contributed by atoms with Crippen molar-refractivity contribution in [2.75, 3.05) is 37.5 Å². The summed E-state index contributed by atoms with van der Waals surface area (Å²) in [4.78, 5) is 11.5. The van der Waals surface area contributed by atoms with E-state index in [1.165, 1.54) is 19.2 Å². The molecule has 232 valence electrons. The molecule has 2 atom stereocenters. The van der Waals surface area contributed by atoms with Gasteiger partial charge in [-0.15, -0.1) is 5.10 Å². The van der Waals surface area contributed by atoms with Crippen molar-refractivity contribution >= 4 is 28.2 Å². The molecule has 0 amide bonds. The van der Waals surface area contributed by atoms with Gasteiger partial charge in [-0.25, -0.2) is 18.7 Å². The van der Waals surface area contributed by atoms with Gasteiger partial charge in [-0.2, -0.15) is 9.61 Å². The molecule has 0 radical (unpaired) electrons. The summed E-state index contributed by atoms with van der Waals surface area (Å²) in [6.07, 6.45) is 2.59.